The molecule has 1 fully saturated rings. The second-order valence-corrected chi connectivity index (χ2v) is 3.76. The van der Waals surface area contributed by atoms with Crippen molar-refractivity contribution in [1.82, 2.24) is 0 Å². The maximum Gasteiger partial charge on any atom is 0.162 e. The molecule has 1 unspecified atom stereocenters. The van der Waals surface area contributed by atoms with Crippen LogP contribution in [0.1, 0.15) is 38.5 Å². The lowest BCUT2D eigenvalue weighted by Crippen LogP contribution is -2.23. The largest absolute Gasteiger partial charge is 0.512 e. The van der Waals surface area contributed by atoms with Crippen molar-refractivity contribution in [2.45, 2.75) is 38.5 Å². The highest BCUT2D eigenvalue weighted by molar-refractivity contribution is 5.97. The number of hydrogen-bond acceptors (Lipinski definition) is 2. The van der Waals surface area contributed by atoms with Crippen molar-refractivity contribution < 1.29 is 9.90 Å². The van der Waals surface area contributed by atoms with Crippen LogP contribution >= 0.6 is 0 Å². The molecule has 2 heteroatoms. The molecular formula is C10H14O2. The van der Waals surface area contributed by atoms with Crippen LogP contribution in [0.4, 0.5) is 0 Å². The van der Waals surface area contributed by atoms with Crippen molar-refractivity contribution in [2.24, 2.45) is 5.92 Å². The van der Waals surface area contributed by atoms with Gasteiger partial charge >= 0.3 is 0 Å². The smallest absolute Gasteiger partial charge is 0.162 e. The average Bonchev–Trinajstić information content (AvgIpc) is 2.04. The van der Waals surface area contributed by atoms with Crippen molar-refractivity contribution >= 4 is 5.78 Å². The Labute approximate surface area is 72.3 Å². The number of aliphatic hydroxyl groups is 1. The number of allylic oxidation sites excluding steroid dienone is 2. The summed E-state index contributed by atoms with van der Waals surface area (Å²) in [6.07, 6.45) is 5.64. The molecular weight excluding hydrogens is 152 g/mol. The molecule has 0 spiro atoms. The molecule has 0 aromatic rings. The monoisotopic (exact) mass is 166 g/mol. The molecule has 0 saturated heterocycles. The summed E-state index contributed by atoms with van der Waals surface area (Å²) in [5.41, 5.74) is 0.771. The van der Waals surface area contributed by atoms with Gasteiger partial charge in [0.15, 0.2) is 5.78 Å². The molecule has 0 aromatic heterocycles. The fraction of sp³-hybridized carbons (Fsp3) is 0.700. The van der Waals surface area contributed by atoms with E-state index in [0.29, 0.717) is 18.1 Å². The second kappa shape index (κ2) is 2.92. The maximum absolute atomic E-state index is 11.4. The van der Waals surface area contributed by atoms with Gasteiger partial charge in [0.25, 0.3) is 0 Å². The zero-order chi connectivity index (χ0) is 8.55. The van der Waals surface area contributed by atoms with Gasteiger partial charge in [0, 0.05) is 18.4 Å². The molecule has 2 aliphatic rings. The number of carbonyl (C=O) groups excluding carboxylic acids is 1. The molecule has 66 valence electrons. The Morgan fingerprint density at radius 2 is 1.83 bits per heavy atom. The van der Waals surface area contributed by atoms with Gasteiger partial charge in [0.2, 0.25) is 0 Å². The molecule has 0 amide bonds. The topological polar surface area (TPSA) is 37.3 Å². The average molecular weight is 166 g/mol. The highest BCUT2D eigenvalue weighted by Crippen LogP contribution is 2.36. The number of hydrogen-bond donors (Lipinski definition) is 1. The third-order valence-corrected chi connectivity index (χ3v) is 2.94. The van der Waals surface area contributed by atoms with Crippen LogP contribution in [-0.2, 0) is 4.79 Å². The Bertz CT molecular complexity index is 240. The summed E-state index contributed by atoms with van der Waals surface area (Å²) >= 11 is 0. The third-order valence-electron chi connectivity index (χ3n) is 2.94. The summed E-state index contributed by atoms with van der Waals surface area (Å²) in [4.78, 5) is 11.4. The first-order valence-corrected chi connectivity index (χ1v) is 4.74. The van der Waals surface area contributed by atoms with Crippen molar-refractivity contribution in [3.05, 3.63) is 11.3 Å². The van der Waals surface area contributed by atoms with E-state index in [1.807, 2.05) is 0 Å². The normalized spacial score (nSPS) is 30.3. The molecule has 2 rings (SSSR count). The summed E-state index contributed by atoms with van der Waals surface area (Å²) in [6.45, 7) is 0. The lowest BCUT2D eigenvalue weighted by molar-refractivity contribution is -0.117. The van der Waals surface area contributed by atoms with Crippen LogP contribution < -0.4 is 0 Å². The van der Waals surface area contributed by atoms with Gasteiger partial charge in [0.1, 0.15) is 0 Å². The van der Waals surface area contributed by atoms with E-state index < -0.39 is 0 Å². The minimum absolute atomic E-state index is 0.198. The molecule has 12 heavy (non-hydrogen) atoms. The van der Waals surface area contributed by atoms with Gasteiger partial charge in [-0.15, -0.1) is 0 Å². The minimum Gasteiger partial charge on any atom is -0.512 e. The molecule has 2 aliphatic carbocycles. The number of Topliss-reactive ketones (excluding diaryl/α,β-unsaturated/α-hetero) is 1. The number of carbonyl (C=O) groups is 1. The summed E-state index contributed by atoms with van der Waals surface area (Å²) < 4.78 is 0. The molecule has 0 aliphatic heterocycles. The SMILES string of the molecule is O=C1CCCC2CCCC(O)=C12. The Balaban J connectivity index is 2.32. The van der Waals surface area contributed by atoms with Crippen LogP contribution in [0.15, 0.2) is 11.3 Å². The van der Waals surface area contributed by atoms with Gasteiger partial charge in [-0.1, -0.05) is 0 Å². The Morgan fingerprint density at radius 3 is 2.50 bits per heavy atom. The molecule has 2 nitrogen and oxygen atoms in total. The first kappa shape index (κ1) is 7.84. The lowest BCUT2D eigenvalue weighted by atomic mass is 9.76. The predicted molar refractivity (Wildman–Crippen MR) is 45.9 cm³/mol. The van der Waals surface area contributed by atoms with E-state index in [2.05, 4.69) is 0 Å². The van der Waals surface area contributed by atoms with Crippen molar-refractivity contribution in [2.75, 3.05) is 0 Å². The number of ketones is 1. The molecule has 0 radical (unpaired) electrons. The van der Waals surface area contributed by atoms with Gasteiger partial charge in [0.05, 0.1) is 5.76 Å². The van der Waals surface area contributed by atoms with Gasteiger partial charge < -0.3 is 5.11 Å². The number of aliphatic hydroxyl groups excluding tert-OH is 1. The Hall–Kier alpha value is -0.790. The van der Waals surface area contributed by atoms with Gasteiger partial charge in [-0.25, -0.2) is 0 Å². The van der Waals surface area contributed by atoms with E-state index in [4.69, 9.17) is 0 Å². The molecule has 1 atom stereocenters. The van der Waals surface area contributed by atoms with Gasteiger partial charge in [-0.2, -0.15) is 0 Å². The van der Waals surface area contributed by atoms with E-state index >= 15 is 0 Å². The maximum atomic E-state index is 11.4. The van der Waals surface area contributed by atoms with Crippen LogP contribution in [0.3, 0.4) is 0 Å². The molecule has 1 saturated carbocycles. The summed E-state index contributed by atoms with van der Waals surface area (Å²) in [7, 11) is 0. The van der Waals surface area contributed by atoms with Crippen LogP contribution in [0.25, 0.3) is 0 Å². The fourth-order valence-electron chi connectivity index (χ4n) is 2.35. The Morgan fingerprint density at radius 1 is 1.17 bits per heavy atom. The summed E-state index contributed by atoms with van der Waals surface area (Å²) in [6, 6.07) is 0. The summed E-state index contributed by atoms with van der Waals surface area (Å²) in [5, 5.41) is 9.53. The molecule has 0 aromatic carbocycles. The molecule has 0 bridgehead atoms. The van der Waals surface area contributed by atoms with E-state index in [9.17, 15) is 9.90 Å². The van der Waals surface area contributed by atoms with E-state index in [-0.39, 0.29) is 5.78 Å². The number of rotatable bonds is 0. The van der Waals surface area contributed by atoms with Crippen LogP contribution in [0.5, 0.6) is 0 Å². The standard InChI is InChI=1S/C10H14O2/c11-8-5-1-3-7-4-2-6-9(12)10(7)8/h7,11H,1-6H2. The van der Waals surface area contributed by atoms with E-state index in [0.717, 1.165) is 37.7 Å². The molecule has 0 heterocycles. The van der Waals surface area contributed by atoms with E-state index in [1.165, 1.54) is 0 Å². The van der Waals surface area contributed by atoms with Crippen molar-refractivity contribution in [3.63, 3.8) is 0 Å². The van der Waals surface area contributed by atoms with Crippen molar-refractivity contribution in [3.8, 4) is 0 Å². The fourth-order valence-corrected chi connectivity index (χ4v) is 2.35. The Kier molecular flexibility index (Phi) is 1.91. The van der Waals surface area contributed by atoms with Gasteiger partial charge in [-0.05, 0) is 31.6 Å². The second-order valence-electron chi connectivity index (χ2n) is 3.76. The predicted octanol–water partition coefficient (Wildman–Crippen LogP) is 2.35. The van der Waals surface area contributed by atoms with Gasteiger partial charge in [-0.3, -0.25) is 4.79 Å². The highest BCUT2D eigenvalue weighted by Gasteiger charge is 2.30. The third kappa shape index (κ3) is 1.15. The first-order valence-electron chi connectivity index (χ1n) is 4.74. The first-order chi connectivity index (χ1) is 5.79. The zero-order valence-corrected chi connectivity index (χ0v) is 7.18. The zero-order valence-electron chi connectivity index (χ0n) is 7.18. The van der Waals surface area contributed by atoms with Crippen LogP contribution in [-0.4, -0.2) is 10.9 Å². The van der Waals surface area contributed by atoms with Crippen LogP contribution in [0, 0.1) is 5.92 Å². The van der Waals surface area contributed by atoms with Crippen molar-refractivity contribution in [1.29, 1.82) is 0 Å². The highest BCUT2D eigenvalue weighted by atomic mass is 16.3. The van der Waals surface area contributed by atoms with Crippen LogP contribution in [0.2, 0.25) is 0 Å². The summed E-state index contributed by atoms with van der Waals surface area (Å²) in [5.74, 6) is 0.972. The van der Waals surface area contributed by atoms with E-state index in [1.54, 1.807) is 0 Å². The lowest BCUT2D eigenvalue weighted by Gasteiger charge is -2.28. The number of fused-ring (bicyclic) bond motifs is 1. The quantitative estimate of drug-likeness (QED) is 0.599. The minimum atomic E-state index is 0.198. The molecule has 1 N–H and O–H groups in total.